The van der Waals surface area contributed by atoms with E-state index in [4.69, 9.17) is 5.73 Å². The van der Waals surface area contributed by atoms with Crippen molar-refractivity contribution < 1.29 is 4.79 Å². The van der Waals surface area contributed by atoms with E-state index < -0.39 is 5.54 Å². The Bertz CT molecular complexity index is 534. The van der Waals surface area contributed by atoms with Crippen LogP contribution in [0, 0.1) is 0 Å². The van der Waals surface area contributed by atoms with E-state index in [-0.39, 0.29) is 43.1 Å². The van der Waals surface area contributed by atoms with Crippen LogP contribution in [0.25, 0.3) is 0 Å². The molecule has 6 nitrogen and oxygen atoms in total. The summed E-state index contributed by atoms with van der Waals surface area (Å²) in [4.78, 5) is 21.1. The average Bonchev–Trinajstić information content (AvgIpc) is 3.25. The number of aromatic nitrogens is 1. The highest BCUT2D eigenvalue weighted by molar-refractivity contribution is 5.89. The largest absolute Gasteiger partial charge is 0.354 e. The van der Waals surface area contributed by atoms with Crippen molar-refractivity contribution in [3.63, 3.8) is 0 Å². The molecule has 1 amide bonds. The molecule has 24 heavy (non-hydrogen) atoms. The van der Waals surface area contributed by atoms with Gasteiger partial charge in [0.2, 0.25) is 5.91 Å². The minimum absolute atomic E-state index is 0. The third-order valence-electron chi connectivity index (χ3n) is 4.35. The summed E-state index contributed by atoms with van der Waals surface area (Å²) in [5.41, 5.74) is 6.35. The lowest BCUT2D eigenvalue weighted by Crippen LogP contribution is -2.45. The molecule has 3 rings (SSSR count). The maximum atomic E-state index is 12.0. The Morgan fingerprint density at radius 1 is 1.25 bits per heavy atom. The molecule has 138 valence electrons. The van der Waals surface area contributed by atoms with Crippen molar-refractivity contribution in [1.29, 1.82) is 0 Å². The summed E-state index contributed by atoms with van der Waals surface area (Å²) in [7, 11) is 2.13. The molecule has 3 N–H and O–H groups in total. The normalized spacial score (nSPS) is 18.5. The molecule has 9 heteroatoms. The molecule has 2 heterocycles. The van der Waals surface area contributed by atoms with Gasteiger partial charge in [-0.05, 0) is 26.0 Å². The molecule has 1 aliphatic heterocycles. The van der Waals surface area contributed by atoms with Crippen LogP contribution < -0.4 is 16.0 Å². The van der Waals surface area contributed by atoms with Gasteiger partial charge in [0, 0.05) is 44.5 Å². The van der Waals surface area contributed by atoms with Gasteiger partial charge in [-0.3, -0.25) is 4.79 Å². The quantitative estimate of drug-likeness (QED) is 0.797. The Morgan fingerprint density at radius 2 is 1.88 bits per heavy atom. The molecule has 0 bridgehead atoms. The number of hydrogen-bond donors (Lipinski definition) is 2. The number of likely N-dealkylation sites (N-methyl/N-ethyl adjacent to an activating group) is 1. The Labute approximate surface area is 161 Å². The lowest BCUT2D eigenvalue weighted by Gasteiger charge is -2.34. The molecule has 0 atom stereocenters. The van der Waals surface area contributed by atoms with Crippen molar-refractivity contribution in [2.75, 3.05) is 38.1 Å². The van der Waals surface area contributed by atoms with Gasteiger partial charge >= 0.3 is 0 Å². The van der Waals surface area contributed by atoms with Crippen LogP contribution in [0.15, 0.2) is 18.3 Å². The Balaban J connectivity index is 0.00000176. The van der Waals surface area contributed by atoms with E-state index in [0.29, 0.717) is 6.54 Å². The summed E-state index contributed by atoms with van der Waals surface area (Å²) in [5, 5.41) is 2.95. The highest BCUT2D eigenvalue weighted by atomic mass is 35.5. The maximum absolute atomic E-state index is 12.0. The van der Waals surface area contributed by atoms with E-state index in [2.05, 4.69) is 27.1 Å². The van der Waals surface area contributed by atoms with Gasteiger partial charge in [-0.15, -0.1) is 37.2 Å². The summed E-state index contributed by atoms with van der Waals surface area (Å²) in [6.45, 7) is 4.50. The van der Waals surface area contributed by atoms with Gasteiger partial charge in [-0.1, -0.05) is 6.07 Å². The van der Waals surface area contributed by atoms with Crippen LogP contribution in [-0.4, -0.2) is 54.6 Å². The van der Waals surface area contributed by atoms with Crippen LogP contribution in [0.3, 0.4) is 0 Å². The fourth-order valence-electron chi connectivity index (χ4n) is 2.58. The predicted molar refractivity (Wildman–Crippen MR) is 104 cm³/mol. The zero-order valence-electron chi connectivity index (χ0n) is 13.7. The van der Waals surface area contributed by atoms with E-state index in [1.165, 1.54) is 0 Å². The van der Waals surface area contributed by atoms with Gasteiger partial charge in [0.15, 0.2) is 0 Å². The Hall–Kier alpha value is -0.790. The molecule has 2 aliphatic rings. The number of pyridine rings is 1. The summed E-state index contributed by atoms with van der Waals surface area (Å²) >= 11 is 0. The van der Waals surface area contributed by atoms with Crippen LogP contribution in [-0.2, 0) is 11.3 Å². The van der Waals surface area contributed by atoms with E-state index in [1.54, 1.807) is 0 Å². The predicted octanol–water partition coefficient (Wildman–Crippen LogP) is 1.21. The first-order chi connectivity index (χ1) is 10.1. The number of halogens is 3. The second-order valence-corrected chi connectivity index (χ2v) is 6.12. The lowest BCUT2D eigenvalue weighted by molar-refractivity contribution is -0.123. The fraction of sp³-hybridized carbons (Fsp3) is 0.600. The van der Waals surface area contributed by atoms with Gasteiger partial charge < -0.3 is 20.9 Å². The van der Waals surface area contributed by atoms with E-state index in [9.17, 15) is 4.79 Å². The molecule has 1 aliphatic carbocycles. The number of carbonyl (C=O) groups excluding carboxylic acids is 1. The number of piperazine rings is 1. The third-order valence-corrected chi connectivity index (χ3v) is 4.35. The molecule has 1 aromatic heterocycles. The molecule has 0 unspecified atom stereocenters. The zero-order valence-corrected chi connectivity index (χ0v) is 16.2. The first-order valence-electron chi connectivity index (χ1n) is 7.53. The fourth-order valence-corrected chi connectivity index (χ4v) is 2.58. The van der Waals surface area contributed by atoms with Crippen molar-refractivity contribution in [2.45, 2.75) is 24.9 Å². The molecule has 1 saturated carbocycles. The van der Waals surface area contributed by atoms with Crippen molar-refractivity contribution in [3.05, 3.63) is 23.9 Å². The van der Waals surface area contributed by atoms with Crippen molar-refractivity contribution in [2.24, 2.45) is 5.73 Å². The van der Waals surface area contributed by atoms with Crippen molar-refractivity contribution in [1.82, 2.24) is 15.2 Å². The second-order valence-electron chi connectivity index (χ2n) is 6.12. The highest BCUT2D eigenvalue weighted by Crippen LogP contribution is 2.32. The highest BCUT2D eigenvalue weighted by Gasteiger charge is 2.45. The zero-order chi connectivity index (χ0) is 14.9. The smallest absolute Gasteiger partial charge is 0.240 e. The number of nitrogens with zero attached hydrogens (tertiary/aromatic N) is 3. The minimum Gasteiger partial charge on any atom is -0.354 e. The van der Waals surface area contributed by atoms with Crippen LogP contribution in [0.2, 0.25) is 0 Å². The molecule has 1 saturated heterocycles. The Morgan fingerprint density at radius 3 is 2.46 bits per heavy atom. The standard InChI is InChI=1S/C15H23N5O.3ClH/c1-19-7-9-20(10-8-19)13-12(3-2-6-17-13)11-18-14(21)15(16)4-5-15;;;/h2-3,6H,4-5,7-11,16H2,1H3,(H,18,21);3*1H. The maximum Gasteiger partial charge on any atom is 0.240 e. The van der Waals surface area contributed by atoms with Crippen molar-refractivity contribution >= 4 is 48.9 Å². The third kappa shape index (κ3) is 5.36. The molecule has 0 aromatic carbocycles. The Kier molecular flexibility index (Phi) is 9.31. The number of amides is 1. The van der Waals surface area contributed by atoms with Gasteiger partial charge in [-0.25, -0.2) is 4.98 Å². The lowest BCUT2D eigenvalue weighted by atomic mass is 10.2. The van der Waals surface area contributed by atoms with E-state index >= 15 is 0 Å². The van der Waals surface area contributed by atoms with E-state index in [1.807, 2.05) is 18.3 Å². The number of nitrogens with one attached hydrogen (secondary N) is 1. The second kappa shape index (κ2) is 9.63. The van der Waals surface area contributed by atoms with Crippen LogP contribution in [0.4, 0.5) is 5.82 Å². The van der Waals surface area contributed by atoms with Gasteiger partial charge in [0.1, 0.15) is 5.82 Å². The molecule has 1 aromatic rings. The first kappa shape index (κ1) is 23.2. The van der Waals surface area contributed by atoms with Crippen molar-refractivity contribution in [3.8, 4) is 0 Å². The molecular weight excluding hydrogens is 373 g/mol. The number of rotatable bonds is 4. The summed E-state index contributed by atoms with van der Waals surface area (Å²) in [5.74, 6) is 0.934. The first-order valence-corrected chi connectivity index (χ1v) is 7.53. The van der Waals surface area contributed by atoms with Gasteiger partial charge in [0.25, 0.3) is 0 Å². The van der Waals surface area contributed by atoms with Crippen LogP contribution in [0.1, 0.15) is 18.4 Å². The summed E-state index contributed by atoms with van der Waals surface area (Å²) < 4.78 is 0. The summed E-state index contributed by atoms with van der Waals surface area (Å²) in [6, 6.07) is 3.94. The van der Waals surface area contributed by atoms with Crippen LogP contribution in [0.5, 0.6) is 0 Å². The topological polar surface area (TPSA) is 74.5 Å². The minimum atomic E-state index is -0.615. The number of nitrogens with two attached hydrogens (primary N) is 1. The number of carbonyl (C=O) groups is 1. The SMILES string of the molecule is CN1CCN(c2ncccc2CNC(=O)C2(N)CC2)CC1.Cl.Cl.Cl. The number of anilines is 1. The molecular formula is C15H26Cl3N5O. The van der Waals surface area contributed by atoms with Gasteiger partial charge in [-0.2, -0.15) is 0 Å². The molecule has 2 fully saturated rings. The van der Waals surface area contributed by atoms with Crippen LogP contribution >= 0.6 is 37.2 Å². The van der Waals surface area contributed by atoms with E-state index in [0.717, 1.165) is 50.4 Å². The summed E-state index contributed by atoms with van der Waals surface area (Å²) in [6.07, 6.45) is 3.39. The van der Waals surface area contributed by atoms with Gasteiger partial charge in [0.05, 0.1) is 5.54 Å². The average molecular weight is 399 g/mol. The molecule has 0 spiro atoms. The monoisotopic (exact) mass is 397 g/mol. The number of hydrogen-bond acceptors (Lipinski definition) is 5. The molecule has 0 radical (unpaired) electrons.